The van der Waals surface area contributed by atoms with Crippen LogP contribution in [0, 0.1) is 10.9 Å². The summed E-state index contributed by atoms with van der Waals surface area (Å²) in [5, 5.41) is 11.6. The number of H-pyrrole nitrogens is 1. The zero-order chi connectivity index (χ0) is 12.8. The first-order valence-electron chi connectivity index (χ1n) is 5.61. The van der Waals surface area contributed by atoms with E-state index in [-0.39, 0.29) is 18.6 Å². The maximum atomic E-state index is 11.7. The van der Waals surface area contributed by atoms with Crippen LogP contribution in [0.15, 0.2) is 0 Å². The standard InChI is InChI=1S/C11H18N2O2S2/c1-7(4-3-5-14)12-10(15)6-9-8(2)13-11(16)17-9/h7,14H,3-6H2,1-2H3,(H,12,15)(H,13,16). The Morgan fingerprint density at radius 2 is 2.35 bits per heavy atom. The zero-order valence-corrected chi connectivity index (χ0v) is 11.7. The number of aromatic amines is 1. The third-order valence-corrected chi connectivity index (χ3v) is 3.78. The van der Waals surface area contributed by atoms with Gasteiger partial charge in [-0.25, -0.2) is 0 Å². The Hall–Kier alpha value is -0.720. The van der Waals surface area contributed by atoms with E-state index in [2.05, 4.69) is 10.3 Å². The molecule has 0 bridgehead atoms. The molecule has 96 valence electrons. The molecular weight excluding hydrogens is 256 g/mol. The van der Waals surface area contributed by atoms with E-state index >= 15 is 0 Å². The summed E-state index contributed by atoms with van der Waals surface area (Å²) >= 11 is 6.47. The lowest BCUT2D eigenvalue weighted by Gasteiger charge is -2.12. The largest absolute Gasteiger partial charge is 0.396 e. The smallest absolute Gasteiger partial charge is 0.225 e. The van der Waals surface area contributed by atoms with E-state index in [9.17, 15) is 4.79 Å². The summed E-state index contributed by atoms with van der Waals surface area (Å²) < 4.78 is 0.707. The van der Waals surface area contributed by atoms with Gasteiger partial charge in [0.2, 0.25) is 5.91 Å². The Labute approximate surface area is 110 Å². The van der Waals surface area contributed by atoms with E-state index < -0.39 is 0 Å². The molecule has 3 N–H and O–H groups in total. The minimum Gasteiger partial charge on any atom is -0.396 e. The molecule has 4 nitrogen and oxygen atoms in total. The summed E-state index contributed by atoms with van der Waals surface area (Å²) in [7, 11) is 0. The number of aliphatic hydroxyl groups is 1. The third-order valence-electron chi connectivity index (χ3n) is 2.45. The highest BCUT2D eigenvalue weighted by Gasteiger charge is 2.11. The summed E-state index contributed by atoms with van der Waals surface area (Å²) in [4.78, 5) is 15.7. The van der Waals surface area contributed by atoms with Crippen LogP contribution in [0.25, 0.3) is 0 Å². The highest BCUT2D eigenvalue weighted by atomic mass is 32.1. The van der Waals surface area contributed by atoms with Gasteiger partial charge >= 0.3 is 0 Å². The van der Waals surface area contributed by atoms with E-state index in [1.807, 2.05) is 13.8 Å². The van der Waals surface area contributed by atoms with Crippen LogP contribution >= 0.6 is 23.6 Å². The van der Waals surface area contributed by atoms with Crippen molar-refractivity contribution in [2.75, 3.05) is 6.61 Å². The molecule has 0 radical (unpaired) electrons. The lowest BCUT2D eigenvalue weighted by Crippen LogP contribution is -2.33. The van der Waals surface area contributed by atoms with Crippen molar-refractivity contribution < 1.29 is 9.90 Å². The molecule has 0 aliphatic heterocycles. The molecule has 1 aromatic heterocycles. The quantitative estimate of drug-likeness (QED) is 0.695. The van der Waals surface area contributed by atoms with Gasteiger partial charge in [-0.15, -0.1) is 11.3 Å². The maximum Gasteiger partial charge on any atom is 0.225 e. The van der Waals surface area contributed by atoms with Crippen molar-refractivity contribution in [2.45, 2.75) is 39.2 Å². The molecule has 1 rings (SSSR count). The Bertz CT molecular complexity index is 425. The van der Waals surface area contributed by atoms with Crippen molar-refractivity contribution in [1.29, 1.82) is 0 Å². The number of aryl methyl sites for hydroxylation is 1. The van der Waals surface area contributed by atoms with E-state index in [0.29, 0.717) is 16.8 Å². The van der Waals surface area contributed by atoms with Crippen molar-refractivity contribution in [3.05, 3.63) is 14.5 Å². The number of carbonyl (C=O) groups excluding carboxylic acids is 1. The van der Waals surface area contributed by atoms with Crippen LogP contribution in [0.2, 0.25) is 0 Å². The van der Waals surface area contributed by atoms with Gasteiger partial charge in [0.15, 0.2) is 3.95 Å². The van der Waals surface area contributed by atoms with Gasteiger partial charge < -0.3 is 15.4 Å². The predicted molar refractivity (Wildman–Crippen MR) is 71.9 cm³/mol. The van der Waals surface area contributed by atoms with Gasteiger partial charge in [-0.1, -0.05) is 0 Å². The minimum atomic E-state index is 0.00351. The summed E-state index contributed by atoms with van der Waals surface area (Å²) in [5.74, 6) is 0.00351. The molecule has 1 amide bonds. The average molecular weight is 274 g/mol. The lowest BCUT2D eigenvalue weighted by molar-refractivity contribution is -0.121. The number of aromatic nitrogens is 1. The second-order valence-corrected chi connectivity index (χ2v) is 5.85. The van der Waals surface area contributed by atoms with Gasteiger partial charge in [-0.3, -0.25) is 4.79 Å². The van der Waals surface area contributed by atoms with Crippen LogP contribution in [0.3, 0.4) is 0 Å². The Morgan fingerprint density at radius 3 is 2.88 bits per heavy atom. The van der Waals surface area contributed by atoms with Crippen molar-refractivity contribution in [2.24, 2.45) is 0 Å². The first-order chi connectivity index (χ1) is 8.02. The van der Waals surface area contributed by atoms with Crippen molar-refractivity contribution in [3.8, 4) is 0 Å². The van der Waals surface area contributed by atoms with Crippen LogP contribution in [-0.4, -0.2) is 28.6 Å². The van der Waals surface area contributed by atoms with Crippen molar-refractivity contribution >= 4 is 29.5 Å². The molecular formula is C11H18N2O2S2. The Morgan fingerprint density at radius 1 is 1.65 bits per heavy atom. The number of rotatable bonds is 6. The average Bonchev–Trinajstić information content (AvgIpc) is 2.54. The van der Waals surface area contributed by atoms with Crippen LogP contribution < -0.4 is 5.32 Å². The van der Waals surface area contributed by atoms with Crippen LogP contribution in [0.4, 0.5) is 0 Å². The third kappa shape index (κ3) is 4.97. The van der Waals surface area contributed by atoms with Gasteiger partial charge in [0, 0.05) is 23.2 Å². The molecule has 17 heavy (non-hydrogen) atoms. The van der Waals surface area contributed by atoms with Gasteiger partial charge in [0.25, 0.3) is 0 Å². The lowest BCUT2D eigenvalue weighted by atomic mass is 10.2. The predicted octanol–water partition coefficient (Wildman–Crippen LogP) is 1.93. The maximum absolute atomic E-state index is 11.7. The molecule has 1 atom stereocenters. The molecule has 0 saturated heterocycles. The number of nitrogens with one attached hydrogen (secondary N) is 2. The molecule has 0 fully saturated rings. The van der Waals surface area contributed by atoms with E-state index in [4.69, 9.17) is 17.3 Å². The molecule has 0 spiro atoms. The van der Waals surface area contributed by atoms with Crippen LogP contribution in [-0.2, 0) is 11.2 Å². The molecule has 0 aliphatic carbocycles. The summed E-state index contributed by atoms with van der Waals surface area (Å²) in [6.07, 6.45) is 1.88. The number of hydrogen-bond donors (Lipinski definition) is 3. The fourth-order valence-corrected chi connectivity index (χ4v) is 2.84. The molecule has 0 aromatic carbocycles. The fraction of sp³-hybridized carbons (Fsp3) is 0.636. The number of thiazole rings is 1. The number of hydrogen-bond acceptors (Lipinski definition) is 4. The van der Waals surface area contributed by atoms with E-state index in [0.717, 1.165) is 17.0 Å². The highest BCUT2D eigenvalue weighted by Crippen LogP contribution is 2.15. The van der Waals surface area contributed by atoms with Crippen molar-refractivity contribution in [3.63, 3.8) is 0 Å². The Balaban J connectivity index is 2.44. The minimum absolute atomic E-state index is 0.00351. The second kappa shape index (κ2) is 6.88. The van der Waals surface area contributed by atoms with Crippen LogP contribution in [0.5, 0.6) is 0 Å². The number of amides is 1. The molecule has 1 heterocycles. The normalized spacial score (nSPS) is 12.4. The fourth-order valence-electron chi connectivity index (χ4n) is 1.55. The molecule has 1 aromatic rings. The first kappa shape index (κ1) is 14.3. The van der Waals surface area contributed by atoms with Gasteiger partial charge in [-0.05, 0) is 38.9 Å². The molecule has 0 aliphatic rings. The Kier molecular flexibility index (Phi) is 5.80. The molecule has 1 unspecified atom stereocenters. The van der Waals surface area contributed by atoms with Gasteiger partial charge in [-0.2, -0.15) is 0 Å². The van der Waals surface area contributed by atoms with Gasteiger partial charge in [0.1, 0.15) is 0 Å². The van der Waals surface area contributed by atoms with Gasteiger partial charge in [0.05, 0.1) is 6.42 Å². The topological polar surface area (TPSA) is 65.1 Å². The first-order valence-corrected chi connectivity index (χ1v) is 6.84. The molecule has 0 saturated carbocycles. The number of aliphatic hydroxyl groups excluding tert-OH is 1. The summed E-state index contributed by atoms with van der Waals surface area (Å²) in [5.41, 5.74) is 0.971. The second-order valence-electron chi connectivity index (χ2n) is 4.07. The van der Waals surface area contributed by atoms with Crippen LogP contribution in [0.1, 0.15) is 30.3 Å². The zero-order valence-electron chi connectivity index (χ0n) is 10.1. The van der Waals surface area contributed by atoms with E-state index in [1.54, 1.807) is 0 Å². The van der Waals surface area contributed by atoms with Crippen molar-refractivity contribution in [1.82, 2.24) is 10.3 Å². The summed E-state index contributed by atoms with van der Waals surface area (Å²) in [6.45, 7) is 4.03. The monoisotopic (exact) mass is 274 g/mol. The van der Waals surface area contributed by atoms with E-state index in [1.165, 1.54) is 11.3 Å². The summed E-state index contributed by atoms with van der Waals surface area (Å²) in [6, 6.07) is 0.0990. The highest BCUT2D eigenvalue weighted by molar-refractivity contribution is 7.73. The number of carbonyl (C=O) groups is 1. The molecule has 6 heteroatoms. The SMILES string of the molecule is Cc1[nH]c(=S)sc1CC(=O)NC(C)CCCO.